The number of nitrogens with zero attached hydrogens (tertiary/aromatic N) is 1. The molecule has 1 unspecified atom stereocenters. The summed E-state index contributed by atoms with van der Waals surface area (Å²) >= 11 is 0. The fraction of sp³-hybridized carbons (Fsp3) is 0.625. The van der Waals surface area contributed by atoms with E-state index in [0.717, 1.165) is 37.5 Å². The van der Waals surface area contributed by atoms with Crippen molar-refractivity contribution in [1.82, 2.24) is 10.2 Å². The molecule has 1 atom stereocenters. The predicted molar refractivity (Wildman–Crippen MR) is 82.8 cm³/mol. The molecular formula is C16H26N2O3. The van der Waals surface area contributed by atoms with Gasteiger partial charge in [-0.15, -0.1) is 0 Å². The molecule has 5 nitrogen and oxygen atoms in total. The summed E-state index contributed by atoms with van der Waals surface area (Å²) in [5, 5.41) is 13.5. The number of hydrogen-bond donors (Lipinski definition) is 2. The first-order chi connectivity index (χ1) is 10.2. The van der Waals surface area contributed by atoms with E-state index in [-0.39, 0.29) is 6.79 Å². The molecule has 1 aliphatic rings. The Hall–Kier alpha value is -1.30. The molecular weight excluding hydrogens is 268 g/mol. The minimum absolute atomic E-state index is 0.261. The van der Waals surface area contributed by atoms with Gasteiger partial charge in [0.1, 0.15) is 0 Å². The van der Waals surface area contributed by atoms with Crippen molar-refractivity contribution >= 4 is 0 Å². The number of ether oxygens (including phenoxy) is 2. The first-order valence-corrected chi connectivity index (χ1v) is 7.75. The molecule has 1 aromatic rings. The predicted octanol–water partition coefficient (Wildman–Crippen LogP) is 1.77. The van der Waals surface area contributed by atoms with Crippen LogP contribution in [0.4, 0.5) is 0 Å². The highest BCUT2D eigenvalue weighted by molar-refractivity contribution is 5.45. The van der Waals surface area contributed by atoms with Crippen molar-refractivity contribution in [2.24, 2.45) is 0 Å². The maximum atomic E-state index is 10.2. The van der Waals surface area contributed by atoms with Crippen molar-refractivity contribution in [3.8, 4) is 11.5 Å². The Kier molecular flexibility index (Phi) is 6.29. The van der Waals surface area contributed by atoms with Crippen LogP contribution in [0.3, 0.4) is 0 Å². The lowest BCUT2D eigenvalue weighted by Gasteiger charge is -2.20. The second-order valence-electron chi connectivity index (χ2n) is 5.27. The molecule has 0 bridgehead atoms. The van der Waals surface area contributed by atoms with Gasteiger partial charge < -0.3 is 24.8 Å². The van der Waals surface area contributed by atoms with E-state index < -0.39 is 6.10 Å². The normalized spacial score (nSPS) is 14.7. The van der Waals surface area contributed by atoms with Crippen molar-refractivity contribution in [2.75, 3.05) is 39.5 Å². The average molecular weight is 294 g/mol. The molecule has 0 aliphatic carbocycles. The van der Waals surface area contributed by atoms with Gasteiger partial charge in [-0.3, -0.25) is 0 Å². The number of aliphatic hydroxyl groups is 1. The molecule has 0 radical (unpaired) electrons. The lowest BCUT2D eigenvalue weighted by Crippen LogP contribution is -2.34. The topological polar surface area (TPSA) is 54.0 Å². The summed E-state index contributed by atoms with van der Waals surface area (Å²) < 4.78 is 10.6. The van der Waals surface area contributed by atoms with Crippen LogP contribution in [0, 0.1) is 0 Å². The minimum Gasteiger partial charge on any atom is -0.454 e. The van der Waals surface area contributed by atoms with Crippen LogP contribution < -0.4 is 14.8 Å². The number of likely N-dealkylation sites (N-methyl/N-ethyl adjacent to an activating group) is 1. The molecule has 21 heavy (non-hydrogen) atoms. The van der Waals surface area contributed by atoms with Crippen molar-refractivity contribution < 1.29 is 14.6 Å². The zero-order valence-electron chi connectivity index (χ0n) is 13.0. The lowest BCUT2D eigenvalue weighted by molar-refractivity contribution is 0.169. The van der Waals surface area contributed by atoms with E-state index in [9.17, 15) is 5.11 Å². The highest BCUT2D eigenvalue weighted by Gasteiger charge is 2.16. The molecule has 2 rings (SSSR count). The molecule has 0 amide bonds. The van der Waals surface area contributed by atoms with Gasteiger partial charge in [0.2, 0.25) is 6.79 Å². The Balaban J connectivity index is 1.73. The van der Waals surface area contributed by atoms with Crippen molar-refractivity contribution in [3.05, 3.63) is 23.8 Å². The minimum atomic E-state index is -0.527. The summed E-state index contributed by atoms with van der Waals surface area (Å²) in [5.41, 5.74) is 0.854. The van der Waals surface area contributed by atoms with E-state index in [1.165, 1.54) is 6.42 Å². The van der Waals surface area contributed by atoms with Gasteiger partial charge in [-0.2, -0.15) is 0 Å². The molecule has 1 aromatic carbocycles. The molecule has 0 saturated heterocycles. The Morgan fingerprint density at radius 3 is 2.81 bits per heavy atom. The number of rotatable bonds is 9. The molecule has 118 valence electrons. The van der Waals surface area contributed by atoms with Gasteiger partial charge in [0, 0.05) is 19.6 Å². The summed E-state index contributed by atoms with van der Waals surface area (Å²) in [6.07, 6.45) is 0.647. The SMILES string of the molecule is CCCN(CC)CCNCC(O)c1ccc2c(c1)OCO2. The van der Waals surface area contributed by atoms with Crippen molar-refractivity contribution in [1.29, 1.82) is 0 Å². The fourth-order valence-electron chi connectivity index (χ4n) is 2.46. The highest BCUT2D eigenvalue weighted by Crippen LogP contribution is 2.33. The van der Waals surface area contributed by atoms with Gasteiger partial charge in [0.15, 0.2) is 11.5 Å². The standard InChI is InChI=1S/C16H26N2O3/c1-3-8-18(4-2)9-7-17-11-14(19)13-5-6-15-16(10-13)21-12-20-15/h5-6,10,14,17,19H,3-4,7-9,11-12H2,1-2H3. The molecule has 0 aromatic heterocycles. The first kappa shape index (κ1) is 16.1. The largest absolute Gasteiger partial charge is 0.454 e. The van der Waals surface area contributed by atoms with Crippen LogP contribution in [0.25, 0.3) is 0 Å². The Bertz CT molecular complexity index is 440. The summed E-state index contributed by atoms with van der Waals surface area (Å²) in [6, 6.07) is 5.58. The maximum Gasteiger partial charge on any atom is 0.231 e. The molecule has 1 heterocycles. The number of aliphatic hydroxyl groups excluding tert-OH is 1. The highest BCUT2D eigenvalue weighted by atomic mass is 16.7. The molecule has 5 heteroatoms. The van der Waals surface area contributed by atoms with E-state index >= 15 is 0 Å². The third kappa shape index (κ3) is 4.59. The van der Waals surface area contributed by atoms with Gasteiger partial charge >= 0.3 is 0 Å². The zero-order chi connectivity index (χ0) is 15.1. The zero-order valence-corrected chi connectivity index (χ0v) is 13.0. The van der Waals surface area contributed by atoms with E-state index in [4.69, 9.17) is 9.47 Å². The third-order valence-corrected chi connectivity index (χ3v) is 3.71. The second kappa shape index (κ2) is 8.22. The van der Waals surface area contributed by atoms with Crippen LogP contribution in [0.15, 0.2) is 18.2 Å². The van der Waals surface area contributed by atoms with Gasteiger partial charge in [0.05, 0.1) is 6.10 Å². The van der Waals surface area contributed by atoms with E-state index in [1.54, 1.807) is 0 Å². The van der Waals surface area contributed by atoms with E-state index in [1.807, 2.05) is 18.2 Å². The summed E-state index contributed by atoms with van der Waals surface area (Å²) in [4.78, 5) is 2.40. The van der Waals surface area contributed by atoms with Gasteiger partial charge in [0.25, 0.3) is 0 Å². The first-order valence-electron chi connectivity index (χ1n) is 7.75. The third-order valence-electron chi connectivity index (χ3n) is 3.71. The molecule has 1 aliphatic heterocycles. The number of hydrogen-bond acceptors (Lipinski definition) is 5. The van der Waals surface area contributed by atoms with Gasteiger partial charge in [-0.25, -0.2) is 0 Å². The average Bonchev–Trinajstić information content (AvgIpc) is 2.97. The van der Waals surface area contributed by atoms with E-state index in [2.05, 4.69) is 24.1 Å². The Morgan fingerprint density at radius 1 is 1.24 bits per heavy atom. The number of fused-ring (bicyclic) bond motifs is 1. The Morgan fingerprint density at radius 2 is 2.05 bits per heavy atom. The van der Waals surface area contributed by atoms with Gasteiger partial charge in [-0.1, -0.05) is 19.9 Å². The Labute approximate surface area is 126 Å². The summed E-state index contributed by atoms with van der Waals surface area (Å²) in [7, 11) is 0. The number of benzene rings is 1. The fourth-order valence-corrected chi connectivity index (χ4v) is 2.46. The molecule has 0 spiro atoms. The van der Waals surface area contributed by atoms with Gasteiger partial charge in [-0.05, 0) is 37.2 Å². The monoisotopic (exact) mass is 294 g/mol. The molecule has 0 saturated carbocycles. The van der Waals surface area contributed by atoms with E-state index in [0.29, 0.717) is 12.3 Å². The van der Waals surface area contributed by atoms with Crippen molar-refractivity contribution in [2.45, 2.75) is 26.4 Å². The van der Waals surface area contributed by atoms with Crippen LogP contribution in [-0.4, -0.2) is 49.5 Å². The lowest BCUT2D eigenvalue weighted by atomic mass is 10.1. The van der Waals surface area contributed by atoms with Crippen LogP contribution in [-0.2, 0) is 0 Å². The summed E-state index contributed by atoms with van der Waals surface area (Å²) in [6.45, 7) is 9.27. The van der Waals surface area contributed by atoms with Crippen LogP contribution in [0.1, 0.15) is 31.9 Å². The molecule has 0 fully saturated rings. The number of nitrogens with one attached hydrogen (secondary N) is 1. The molecule has 2 N–H and O–H groups in total. The smallest absolute Gasteiger partial charge is 0.231 e. The maximum absolute atomic E-state index is 10.2. The van der Waals surface area contributed by atoms with Crippen LogP contribution in [0.2, 0.25) is 0 Å². The van der Waals surface area contributed by atoms with Crippen LogP contribution in [0.5, 0.6) is 11.5 Å². The second-order valence-corrected chi connectivity index (χ2v) is 5.27. The van der Waals surface area contributed by atoms with Crippen LogP contribution >= 0.6 is 0 Å². The summed E-state index contributed by atoms with van der Waals surface area (Å²) in [5.74, 6) is 1.46. The van der Waals surface area contributed by atoms with Crippen molar-refractivity contribution in [3.63, 3.8) is 0 Å². The quantitative estimate of drug-likeness (QED) is 0.680.